The Morgan fingerprint density at radius 3 is 1.01 bits per heavy atom. The SMILES string of the molecule is CCc1ccc(S(=O)(=O)Nc2ccc(OCCOc3ccccc3C(=O)O)cc2)cc1.N#Cc1ccccc1S(=O)(=O)Nc1ccc(OCCOc2ccccc2C(=O)O)cc1.O=C(O)c1ccccc1OCCOc1ccc(NS(=O)(=O)c2ccccc2C(=O)O)cc1. The van der Waals surface area contributed by atoms with Crippen molar-refractivity contribution in [3.8, 4) is 40.6 Å². The van der Waals surface area contributed by atoms with Crippen LogP contribution in [0.25, 0.3) is 0 Å². The van der Waals surface area contributed by atoms with E-state index in [1.54, 1.807) is 127 Å². The fraction of sp³-hybridized carbons (Fsp3) is 0.119. The first kappa shape index (κ1) is 69.9. The van der Waals surface area contributed by atoms with Gasteiger partial charge in [0.2, 0.25) is 0 Å². The van der Waals surface area contributed by atoms with E-state index in [2.05, 4.69) is 14.2 Å². The number of nitrogens with zero attached hydrogens (tertiary/aromatic N) is 1. The van der Waals surface area contributed by atoms with Crippen molar-refractivity contribution >= 4 is 71.0 Å². The van der Waals surface area contributed by atoms with Crippen LogP contribution >= 0.6 is 0 Å². The van der Waals surface area contributed by atoms with Gasteiger partial charge in [-0.3, -0.25) is 14.2 Å². The normalized spacial score (nSPS) is 10.9. The third kappa shape index (κ3) is 20.5. The third-order valence-corrected chi connectivity index (χ3v) is 17.1. The van der Waals surface area contributed by atoms with Crippen LogP contribution in [0.3, 0.4) is 0 Å². The maximum atomic E-state index is 12.6. The molecule has 0 spiro atoms. The summed E-state index contributed by atoms with van der Waals surface area (Å²) in [6.07, 6.45) is 0.840. The van der Waals surface area contributed by atoms with E-state index in [-0.39, 0.29) is 105 Å². The minimum atomic E-state index is -4.10. The van der Waals surface area contributed by atoms with Gasteiger partial charge in [-0.25, -0.2) is 44.4 Å². The molecule has 0 atom stereocenters. The Balaban J connectivity index is 0.000000200. The number of nitriles is 1. The zero-order valence-corrected chi connectivity index (χ0v) is 52.2. The molecule has 0 bridgehead atoms. The molecule has 0 aliphatic rings. The van der Waals surface area contributed by atoms with E-state index in [1.165, 1.54) is 91.0 Å². The summed E-state index contributed by atoms with van der Waals surface area (Å²) in [5.74, 6) is -2.36. The number of anilines is 3. The number of hydrogen-bond donors (Lipinski definition) is 7. The standard InChI is InChI=1S/C23H23NO6S.C22H18N2O6S.C22H19NO8S/c1-2-17-7-13-20(14-8-17)31(27,28)24-18-9-11-19(12-10-18)29-15-16-30-22-6-4-3-5-21(22)23(25)26;23-15-16-5-1-4-8-21(16)31(27,28)24-17-9-11-18(12-10-17)29-13-14-30-20-7-3-2-6-19(20)22(25)26;24-21(25)17-5-1-3-7-19(17)31-14-13-30-16-11-9-15(10-12-16)23-32(28,29)20-8-4-2-6-18(20)22(26)27/h3-14,24H,2,15-16H2,1H3,(H,25,26);1-12,24H,13-14H2,(H,25,26);1-12,23H,13-14H2,(H,24,25)(H,26,27). The van der Waals surface area contributed by atoms with Crippen LogP contribution in [0.5, 0.6) is 34.5 Å². The van der Waals surface area contributed by atoms with Crippen LogP contribution in [0.4, 0.5) is 17.1 Å². The average Bonchev–Trinajstić information content (AvgIpc) is 0.909. The van der Waals surface area contributed by atoms with Gasteiger partial charge in [-0.15, -0.1) is 0 Å². The van der Waals surface area contributed by atoms with Crippen LogP contribution in [0.2, 0.25) is 0 Å². The van der Waals surface area contributed by atoms with E-state index < -0.39 is 53.9 Å². The molecule has 94 heavy (non-hydrogen) atoms. The van der Waals surface area contributed by atoms with E-state index in [1.807, 2.05) is 13.0 Å². The molecule has 0 unspecified atom stereocenters. The fourth-order valence-electron chi connectivity index (χ4n) is 8.31. The second kappa shape index (κ2) is 33.5. The maximum Gasteiger partial charge on any atom is 0.339 e. The Hall–Kier alpha value is -11.6. The lowest BCUT2D eigenvalue weighted by Crippen LogP contribution is -2.16. The molecule has 9 aromatic carbocycles. The summed E-state index contributed by atoms with van der Waals surface area (Å²) in [6.45, 7) is 2.88. The number of aromatic carboxylic acids is 4. The first-order valence-corrected chi connectivity index (χ1v) is 32.5. The van der Waals surface area contributed by atoms with Crippen molar-refractivity contribution in [2.75, 3.05) is 53.8 Å². The summed E-state index contributed by atoms with van der Waals surface area (Å²) in [5, 5.41) is 45.7. The summed E-state index contributed by atoms with van der Waals surface area (Å²) < 4.78 is 116. The number of benzene rings is 9. The molecule has 27 heteroatoms. The van der Waals surface area contributed by atoms with Gasteiger partial charge in [0.05, 0.1) is 16.0 Å². The van der Waals surface area contributed by atoms with Gasteiger partial charge >= 0.3 is 23.9 Å². The van der Waals surface area contributed by atoms with Crippen molar-refractivity contribution in [1.29, 1.82) is 5.26 Å². The Morgan fingerprint density at radius 1 is 0.362 bits per heavy atom. The number of nitrogens with one attached hydrogen (secondary N) is 3. The average molecular weight is 1340 g/mol. The second-order valence-corrected chi connectivity index (χ2v) is 24.3. The predicted molar refractivity (Wildman–Crippen MR) is 345 cm³/mol. The van der Waals surface area contributed by atoms with Gasteiger partial charge in [0, 0.05) is 17.1 Å². The molecular weight excluding hydrogens is 1280 g/mol. The van der Waals surface area contributed by atoms with E-state index in [4.69, 9.17) is 49.0 Å². The van der Waals surface area contributed by atoms with Crippen LogP contribution in [0, 0.1) is 11.3 Å². The number of aryl methyl sites for hydroxylation is 1. The highest BCUT2D eigenvalue weighted by Gasteiger charge is 2.23. The molecule has 7 N–H and O–H groups in total. The highest BCUT2D eigenvalue weighted by molar-refractivity contribution is 7.93. The Bertz CT molecular complexity index is 4470. The summed E-state index contributed by atoms with van der Waals surface area (Å²) >= 11 is 0. The van der Waals surface area contributed by atoms with Crippen molar-refractivity contribution < 1.29 is 93.3 Å². The van der Waals surface area contributed by atoms with E-state index in [0.29, 0.717) is 28.6 Å². The molecule has 0 fully saturated rings. The summed E-state index contributed by atoms with van der Waals surface area (Å²) in [4.78, 5) is 44.5. The molecule has 0 amide bonds. The van der Waals surface area contributed by atoms with Crippen LogP contribution in [0.15, 0.2) is 233 Å². The lowest BCUT2D eigenvalue weighted by Gasteiger charge is -2.12. The zero-order chi connectivity index (χ0) is 67.7. The first-order valence-electron chi connectivity index (χ1n) is 28.1. The van der Waals surface area contributed by atoms with Crippen LogP contribution in [-0.2, 0) is 36.5 Å². The monoisotopic (exact) mass is 1340 g/mol. The summed E-state index contributed by atoms with van der Waals surface area (Å²) in [5.41, 5.74) is 1.95. The summed E-state index contributed by atoms with van der Waals surface area (Å²) in [6, 6.07) is 57.5. The van der Waals surface area contributed by atoms with Gasteiger partial charge in [0.25, 0.3) is 30.1 Å². The van der Waals surface area contributed by atoms with Crippen molar-refractivity contribution in [1.82, 2.24) is 0 Å². The quantitative estimate of drug-likeness (QED) is 0.0214. The number of carboxylic acids is 4. The molecule has 0 radical (unpaired) electrons. The number of sulfonamides is 3. The molecule has 0 heterocycles. The summed E-state index contributed by atoms with van der Waals surface area (Å²) in [7, 11) is -11.7. The number of ether oxygens (including phenoxy) is 6. The Morgan fingerprint density at radius 2 is 0.660 bits per heavy atom. The van der Waals surface area contributed by atoms with E-state index >= 15 is 0 Å². The smallest absolute Gasteiger partial charge is 0.339 e. The number of hydrogen-bond acceptors (Lipinski definition) is 17. The van der Waals surface area contributed by atoms with Crippen molar-refractivity contribution in [2.24, 2.45) is 0 Å². The van der Waals surface area contributed by atoms with E-state index in [0.717, 1.165) is 12.0 Å². The zero-order valence-electron chi connectivity index (χ0n) is 49.7. The van der Waals surface area contributed by atoms with Gasteiger partial charge in [-0.05, 0) is 158 Å². The highest BCUT2D eigenvalue weighted by atomic mass is 32.2. The third-order valence-electron chi connectivity index (χ3n) is 12.8. The van der Waals surface area contributed by atoms with Gasteiger partial charge in [0.15, 0.2) is 0 Å². The minimum Gasteiger partial charge on any atom is -0.490 e. The molecule has 486 valence electrons. The predicted octanol–water partition coefficient (Wildman–Crippen LogP) is 11.1. The maximum absolute atomic E-state index is 12.6. The topological polar surface area (TPSA) is 367 Å². The number of rotatable bonds is 29. The van der Waals surface area contributed by atoms with Gasteiger partial charge in [0.1, 0.15) is 107 Å². The number of carboxylic acid groups (broad SMARTS) is 4. The van der Waals surface area contributed by atoms with Gasteiger partial charge in [-0.1, -0.05) is 79.7 Å². The first-order chi connectivity index (χ1) is 45.1. The van der Waals surface area contributed by atoms with E-state index in [9.17, 15) is 49.5 Å². The lowest BCUT2D eigenvalue weighted by molar-refractivity contribution is 0.0680. The van der Waals surface area contributed by atoms with Crippen LogP contribution < -0.4 is 42.6 Å². The Kier molecular flexibility index (Phi) is 24.9. The number of carbonyl (C=O) groups is 4. The lowest BCUT2D eigenvalue weighted by atomic mass is 10.2. The fourth-order valence-corrected chi connectivity index (χ4v) is 11.8. The van der Waals surface area contributed by atoms with Crippen LogP contribution in [-0.4, -0.2) is 109 Å². The molecule has 0 aliphatic heterocycles. The Labute approximate surface area is 540 Å². The minimum absolute atomic E-state index is 0.0496. The van der Waals surface area contributed by atoms with Gasteiger partial charge in [-0.2, -0.15) is 5.26 Å². The molecular formula is C67H60N4O20S3. The van der Waals surface area contributed by atoms with Crippen molar-refractivity contribution in [2.45, 2.75) is 28.0 Å². The van der Waals surface area contributed by atoms with Crippen molar-refractivity contribution in [3.63, 3.8) is 0 Å². The molecule has 0 aromatic heterocycles. The molecule has 9 rings (SSSR count). The van der Waals surface area contributed by atoms with Crippen molar-refractivity contribution in [3.05, 3.63) is 252 Å². The largest absolute Gasteiger partial charge is 0.490 e. The molecule has 9 aromatic rings. The molecule has 24 nitrogen and oxygen atoms in total. The highest BCUT2D eigenvalue weighted by Crippen LogP contribution is 2.27. The second-order valence-electron chi connectivity index (χ2n) is 19.3. The number of para-hydroxylation sites is 3. The van der Waals surface area contributed by atoms with Crippen LogP contribution in [0.1, 0.15) is 59.5 Å². The molecule has 0 aliphatic carbocycles. The molecule has 0 saturated carbocycles. The van der Waals surface area contributed by atoms with Gasteiger partial charge < -0.3 is 48.8 Å². The molecule has 0 saturated heterocycles.